The number of hydrogen-bond donors (Lipinski definition) is 0. The maximum absolute atomic E-state index is 4.10. The van der Waals surface area contributed by atoms with Crippen LogP contribution in [0.3, 0.4) is 0 Å². The highest BCUT2D eigenvalue weighted by atomic mass is 14.7. The van der Waals surface area contributed by atoms with Gasteiger partial charge in [-0.1, -0.05) is 0 Å². The van der Waals surface area contributed by atoms with Crippen LogP contribution in [-0.2, 0) is 0 Å². The molecule has 50 valence electrons. The van der Waals surface area contributed by atoms with Gasteiger partial charge in [0.1, 0.15) is 0 Å². The molecule has 0 atom stereocenters. The molecule has 0 bridgehead atoms. The van der Waals surface area contributed by atoms with E-state index in [0.717, 1.165) is 12.3 Å². The zero-order chi connectivity index (χ0) is 7.11. The van der Waals surface area contributed by atoms with Gasteiger partial charge >= 0.3 is 0 Å². The number of nitrogens with zero attached hydrogens (tertiary/aromatic N) is 2. The van der Waals surface area contributed by atoms with Crippen molar-refractivity contribution >= 4 is 12.4 Å². The molecule has 0 aromatic heterocycles. The first kappa shape index (κ1) is 8.08. The molecule has 0 unspecified atom stereocenters. The Kier molecular flexibility index (Phi) is 4.69. The maximum Gasteiger partial charge on any atom is 0.0364 e. The minimum absolute atomic E-state index is 0.827. The molecule has 0 amide bonds. The summed E-state index contributed by atoms with van der Waals surface area (Å²) in [6, 6.07) is 0. The third-order valence-corrected chi connectivity index (χ3v) is 0.829. The predicted octanol–water partition coefficient (Wildman–Crippen LogP) is 1.68. The van der Waals surface area contributed by atoms with Crippen molar-refractivity contribution in [2.75, 3.05) is 6.54 Å². The van der Waals surface area contributed by atoms with E-state index in [0.29, 0.717) is 0 Å². The summed E-state index contributed by atoms with van der Waals surface area (Å²) in [7, 11) is 0. The molecule has 0 radical (unpaired) electrons. The van der Waals surface area contributed by atoms with Crippen LogP contribution in [0.15, 0.2) is 22.3 Å². The predicted molar refractivity (Wildman–Crippen MR) is 42.3 cm³/mol. The fourth-order valence-electron chi connectivity index (χ4n) is 0.463. The Morgan fingerprint density at radius 1 is 1.67 bits per heavy atom. The van der Waals surface area contributed by atoms with Crippen LogP contribution in [-0.4, -0.2) is 19.0 Å². The number of rotatable bonds is 3. The van der Waals surface area contributed by atoms with Crippen molar-refractivity contribution in [1.29, 1.82) is 0 Å². The highest BCUT2D eigenvalue weighted by Gasteiger charge is 1.76. The van der Waals surface area contributed by atoms with Crippen LogP contribution < -0.4 is 0 Å². The van der Waals surface area contributed by atoms with Crippen molar-refractivity contribution in [3.8, 4) is 0 Å². The molecule has 0 aliphatic carbocycles. The van der Waals surface area contributed by atoms with E-state index in [-0.39, 0.29) is 0 Å². The molecule has 0 spiro atoms. The zero-order valence-corrected chi connectivity index (χ0v) is 5.96. The van der Waals surface area contributed by atoms with Gasteiger partial charge in [0.25, 0.3) is 0 Å². The summed E-state index contributed by atoms with van der Waals surface area (Å²) in [6.07, 6.45) is 3.46. The van der Waals surface area contributed by atoms with Gasteiger partial charge in [-0.15, -0.1) is 0 Å². The summed E-state index contributed by atoms with van der Waals surface area (Å²) >= 11 is 0. The van der Waals surface area contributed by atoms with Crippen molar-refractivity contribution in [3.05, 3.63) is 12.3 Å². The molecule has 0 saturated heterocycles. The summed E-state index contributed by atoms with van der Waals surface area (Å²) < 4.78 is 0. The summed E-state index contributed by atoms with van der Waals surface area (Å²) in [4.78, 5) is 7.65. The van der Waals surface area contributed by atoms with Crippen LogP contribution in [0, 0.1) is 0 Å². The average Bonchev–Trinajstić information content (AvgIpc) is 1.85. The second kappa shape index (κ2) is 5.22. The molecule has 9 heavy (non-hydrogen) atoms. The second-order valence-corrected chi connectivity index (χ2v) is 1.61. The standard InChI is InChI=1S/C7H12N2/c1-4-9-7(2)5-6-8-3/h5-6H,3-4H2,1-2H3/b6-5-,9-7?. The normalized spacial score (nSPS) is 12.4. The molecule has 0 fully saturated rings. The topological polar surface area (TPSA) is 24.7 Å². The lowest BCUT2D eigenvalue weighted by atomic mass is 10.4. The van der Waals surface area contributed by atoms with Gasteiger partial charge in [-0.2, -0.15) is 0 Å². The molecular formula is C7H12N2. The second-order valence-electron chi connectivity index (χ2n) is 1.61. The fraction of sp³-hybridized carbons (Fsp3) is 0.429. The van der Waals surface area contributed by atoms with E-state index in [4.69, 9.17) is 0 Å². The molecule has 0 N–H and O–H groups in total. The first-order valence-electron chi connectivity index (χ1n) is 2.94. The number of allylic oxidation sites excluding steroid dienone is 1. The molecule has 2 heteroatoms. The molecule has 0 aromatic rings. The Balaban J connectivity index is 3.74. The molecule has 0 aliphatic rings. The van der Waals surface area contributed by atoms with Gasteiger partial charge in [0.2, 0.25) is 0 Å². The largest absolute Gasteiger partial charge is 0.290 e. The fourth-order valence-corrected chi connectivity index (χ4v) is 0.463. The third kappa shape index (κ3) is 4.94. The SMILES string of the molecule is C=N/C=C\C(C)=NCC. The summed E-state index contributed by atoms with van der Waals surface area (Å²) in [5.74, 6) is 0. The van der Waals surface area contributed by atoms with Crippen molar-refractivity contribution in [3.63, 3.8) is 0 Å². The van der Waals surface area contributed by atoms with Crippen LogP contribution >= 0.6 is 0 Å². The third-order valence-electron chi connectivity index (χ3n) is 0.829. The van der Waals surface area contributed by atoms with Gasteiger partial charge in [0, 0.05) is 18.5 Å². The van der Waals surface area contributed by atoms with Crippen LogP contribution in [0.25, 0.3) is 0 Å². The summed E-state index contributed by atoms with van der Waals surface area (Å²) in [5.41, 5.74) is 0.991. The molecule has 0 rings (SSSR count). The maximum atomic E-state index is 4.10. The van der Waals surface area contributed by atoms with Gasteiger partial charge in [0.15, 0.2) is 0 Å². The molecule has 2 nitrogen and oxygen atoms in total. The van der Waals surface area contributed by atoms with Crippen LogP contribution in [0.2, 0.25) is 0 Å². The van der Waals surface area contributed by atoms with Gasteiger partial charge in [-0.25, -0.2) is 0 Å². The highest BCUT2D eigenvalue weighted by molar-refractivity contribution is 5.92. The summed E-state index contributed by atoms with van der Waals surface area (Å²) in [5, 5.41) is 0. The van der Waals surface area contributed by atoms with Gasteiger partial charge in [-0.3, -0.25) is 9.98 Å². The van der Waals surface area contributed by atoms with E-state index < -0.39 is 0 Å². The lowest BCUT2D eigenvalue weighted by molar-refractivity contribution is 1.13. The smallest absolute Gasteiger partial charge is 0.0364 e. The Hall–Kier alpha value is -0.920. The van der Waals surface area contributed by atoms with Crippen molar-refractivity contribution in [2.24, 2.45) is 9.98 Å². The molecule has 0 saturated carbocycles. The molecule has 0 heterocycles. The quantitative estimate of drug-likeness (QED) is 0.511. The molecule has 0 aromatic carbocycles. The van der Waals surface area contributed by atoms with Gasteiger partial charge in [-0.05, 0) is 26.6 Å². The summed E-state index contributed by atoms with van der Waals surface area (Å²) in [6.45, 7) is 8.06. The van der Waals surface area contributed by atoms with Crippen LogP contribution in [0.5, 0.6) is 0 Å². The van der Waals surface area contributed by atoms with Crippen LogP contribution in [0.1, 0.15) is 13.8 Å². The molecule has 0 aliphatic heterocycles. The molecular weight excluding hydrogens is 112 g/mol. The average molecular weight is 124 g/mol. The highest BCUT2D eigenvalue weighted by Crippen LogP contribution is 1.80. The number of aliphatic imine (C=N–C) groups is 2. The lowest BCUT2D eigenvalue weighted by Crippen LogP contribution is -1.84. The Morgan fingerprint density at radius 3 is 2.78 bits per heavy atom. The number of hydrogen-bond acceptors (Lipinski definition) is 2. The Bertz CT molecular complexity index is 134. The van der Waals surface area contributed by atoms with E-state index in [1.165, 1.54) is 0 Å². The van der Waals surface area contributed by atoms with Crippen molar-refractivity contribution < 1.29 is 0 Å². The minimum Gasteiger partial charge on any atom is -0.290 e. The lowest BCUT2D eigenvalue weighted by Gasteiger charge is -1.85. The van der Waals surface area contributed by atoms with E-state index in [2.05, 4.69) is 16.7 Å². The van der Waals surface area contributed by atoms with E-state index >= 15 is 0 Å². The Labute approximate surface area is 56.0 Å². The minimum atomic E-state index is 0.827. The van der Waals surface area contributed by atoms with Gasteiger partial charge in [0.05, 0.1) is 0 Å². The van der Waals surface area contributed by atoms with Crippen molar-refractivity contribution in [1.82, 2.24) is 0 Å². The first-order valence-corrected chi connectivity index (χ1v) is 2.94. The van der Waals surface area contributed by atoms with Crippen LogP contribution in [0.4, 0.5) is 0 Å². The van der Waals surface area contributed by atoms with Crippen molar-refractivity contribution in [2.45, 2.75) is 13.8 Å². The zero-order valence-electron chi connectivity index (χ0n) is 5.96. The van der Waals surface area contributed by atoms with E-state index in [1.54, 1.807) is 6.20 Å². The van der Waals surface area contributed by atoms with Gasteiger partial charge < -0.3 is 0 Å². The monoisotopic (exact) mass is 124 g/mol. The first-order chi connectivity index (χ1) is 4.31. The van der Waals surface area contributed by atoms with E-state index in [1.807, 2.05) is 19.9 Å². The Morgan fingerprint density at radius 2 is 2.33 bits per heavy atom. The van der Waals surface area contributed by atoms with E-state index in [9.17, 15) is 0 Å².